The molecule has 0 saturated heterocycles. The lowest BCUT2D eigenvalue weighted by atomic mass is 10.1. The maximum Gasteiger partial charge on any atom is 0.268 e. The fraction of sp³-hybridized carbons (Fsp3) is 0.0833. The molecule has 0 aliphatic heterocycles. The molecule has 0 aromatic carbocycles. The summed E-state index contributed by atoms with van der Waals surface area (Å²) in [7, 11) is 0. The number of amides is 2. The molecular formula is C12H10F2N4O2. The average molecular weight is 280 g/mol. The van der Waals surface area contributed by atoms with Crippen molar-refractivity contribution in [3.63, 3.8) is 0 Å². The quantitative estimate of drug-likeness (QED) is 0.781. The summed E-state index contributed by atoms with van der Waals surface area (Å²) in [5.41, 5.74) is 4.13. The number of hydrogen-bond donors (Lipinski definition) is 3. The van der Waals surface area contributed by atoms with Crippen LogP contribution in [0, 0.1) is 0 Å². The molecule has 0 bridgehead atoms. The van der Waals surface area contributed by atoms with Crippen LogP contribution in [-0.4, -0.2) is 22.0 Å². The first kappa shape index (κ1) is 13.7. The van der Waals surface area contributed by atoms with Gasteiger partial charge in [-0.15, -0.1) is 0 Å². The second-order valence-electron chi connectivity index (χ2n) is 3.90. The van der Waals surface area contributed by atoms with E-state index in [1.165, 1.54) is 12.2 Å². The first-order chi connectivity index (χ1) is 9.50. The van der Waals surface area contributed by atoms with Gasteiger partial charge >= 0.3 is 0 Å². The molecule has 1 heterocycles. The van der Waals surface area contributed by atoms with E-state index in [1.807, 2.05) is 0 Å². The van der Waals surface area contributed by atoms with Crippen molar-refractivity contribution in [3.05, 3.63) is 47.3 Å². The zero-order valence-corrected chi connectivity index (χ0v) is 10.1. The summed E-state index contributed by atoms with van der Waals surface area (Å²) in [5.74, 6) is -3.79. The van der Waals surface area contributed by atoms with Crippen LogP contribution >= 0.6 is 0 Å². The number of anilines is 1. The highest BCUT2D eigenvalue weighted by molar-refractivity contribution is 6.09. The number of nitrogens with one attached hydrogen (secondary N) is 2. The van der Waals surface area contributed by atoms with E-state index in [9.17, 15) is 18.4 Å². The summed E-state index contributed by atoms with van der Waals surface area (Å²) >= 11 is 0. The smallest absolute Gasteiger partial charge is 0.268 e. The molecule has 0 unspecified atom stereocenters. The number of aromatic nitrogens is 2. The fourth-order valence-corrected chi connectivity index (χ4v) is 1.62. The Labute approximate surface area is 112 Å². The van der Waals surface area contributed by atoms with Gasteiger partial charge in [0.15, 0.2) is 0 Å². The molecule has 8 heteroatoms. The number of halogens is 2. The first-order valence-corrected chi connectivity index (χ1v) is 5.56. The van der Waals surface area contributed by atoms with E-state index in [2.05, 4.69) is 15.5 Å². The summed E-state index contributed by atoms with van der Waals surface area (Å²) < 4.78 is 27.3. The summed E-state index contributed by atoms with van der Waals surface area (Å²) in [4.78, 5) is 22.9. The minimum Gasteiger partial charge on any atom is -0.364 e. The monoisotopic (exact) mass is 280 g/mol. The van der Waals surface area contributed by atoms with Crippen LogP contribution in [0.4, 0.5) is 14.5 Å². The van der Waals surface area contributed by atoms with Gasteiger partial charge in [0.05, 0.1) is 11.9 Å². The van der Waals surface area contributed by atoms with Gasteiger partial charge in [0, 0.05) is 6.42 Å². The molecule has 4 N–H and O–H groups in total. The predicted octanol–water partition coefficient (Wildman–Crippen LogP) is 1.48. The zero-order chi connectivity index (χ0) is 14.7. The van der Waals surface area contributed by atoms with Crippen molar-refractivity contribution in [3.8, 4) is 0 Å². The third kappa shape index (κ3) is 2.63. The van der Waals surface area contributed by atoms with Crippen LogP contribution in [0.2, 0.25) is 0 Å². The van der Waals surface area contributed by atoms with E-state index in [1.54, 1.807) is 0 Å². The lowest BCUT2D eigenvalue weighted by Crippen LogP contribution is -2.19. The van der Waals surface area contributed by atoms with Crippen molar-refractivity contribution in [2.45, 2.75) is 6.42 Å². The molecule has 1 aliphatic rings. The minimum atomic E-state index is -1.02. The molecule has 0 fully saturated rings. The fourth-order valence-electron chi connectivity index (χ4n) is 1.62. The van der Waals surface area contributed by atoms with Gasteiger partial charge in [-0.2, -0.15) is 5.10 Å². The molecule has 104 valence electrons. The largest absolute Gasteiger partial charge is 0.364 e. The topological polar surface area (TPSA) is 101 Å². The Morgan fingerprint density at radius 2 is 2.15 bits per heavy atom. The maximum atomic E-state index is 13.7. The number of carbonyl (C=O) groups excluding carboxylic acids is 2. The molecule has 6 nitrogen and oxygen atoms in total. The minimum absolute atomic E-state index is 0.0483. The number of rotatable bonds is 3. The summed E-state index contributed by atoms with van der Waals surface area (Å²) in [5, 5.41) is 8.00. The third-order valence-corrected chi connectivity index (χ3v) is 2.55. The number of aromatic amines is 1. The molecule has 20 heavy (non-hydrogen) atoms. The third-order valence-electron chi connectivity index (χ3n) is 2.55. The highest BCUT2D eigenvalue weighted by Crippen LogP contribution is 2.25. The number of primary amides is 1. The molecule has 0 saturated carbocycles. The van der Waals surface area contributed by atoms with Crippen molar-refractivity contribution in [2.75, 3.05) is 5.32 Å². The number of nitrogens with zero attached hydrogens (tertiary/aromatic N) is 1. The first-order valence-electron chi connectivity index (χ1n) is 5.56. The highest BCUT2D eigenvalue weighted by Gasteiger charge is 2.23. The second-order valence-corrected chi connectivity index (χ2v) is 3.90. The van der Waals surface area contributed by atoms with Crippen molar-refractivity contribution in [1.82, 2.24) is 10.2 Å². The van der Waals surface area contributed by atoms with Gasteiger partial charge in [-0.1, -0.05) is 12.2 Å². The van der Waals surface area contributed by atoms with Crippen molar-refractivity contribution in [1.29, 1.82) is 0 Å². The highest BCUT2D eigenvalue weighted by atomic mass is 19.1. The normalized spacial score (nSPS) is 14.8. The number of hydrogen-bond acceptors (Lipinski definition) is 3. The molecule has 1 aromatic rings. The molecule has 1 aliphatic carbocycles. The Bertz CT molecular complexity index is 658. The Balaban J connectivity index is 2.28. The van der Waals surface area contributed by atoms with E-state index < -0.39 is 29.0 Å². The predicted molar refractivity (Wildman–Crippen MR) is 66.8 cm³/mol. The van der Waals surface area contributed by atoms with Crippen LogP contribution in [0.25, 0.3) is 0 Å². The van der Waals surface area contributed by atoms with Crippen molar-refractivity contribution in [2.24, 2.45) is 5.73 Å². The van der Waals surface area contributed by atoms with Crippen molar-refractivity contribution >= 4 is 17.5 Å². The van der Waals surface area contributed by atoms with Crippen LogP contribution in [0.3, 0.4) is 0 Å². The van der Waals surface area contributed by atoms with Gasteiger partial charge in [-0.05, 0) is 6.08 Å². The molecule has 2 amide bonds. The van der Waals surface area contributed by atoms with Crippen molar-refractivity contribution < 1.29 is 18.4 Å². The van der Waals surface area contributed by atoms with Gasteiger partial charge < -0.3 is 11.1 Å². The Hall–Kier alpha value is -2.77. The number of allylic oxidation sites excluding steroid dienone is 4. The summed E-state index contributed by atoms with van der Waals surface area (Å²) in [6.45, 7) is 0. The molecule has 0 atom stereocenters. The zero-order valence-electron chi connectivity index (χ0n) is 10.1. The SMILES string of the molecule is NC(=O)c1[nH]ncc1NC(=O)C1=C(F)CC=CC=C1F. The average Bonchev–Trinajstić information content (AvgIpc) is 2.76. The van der Waals surface area contributed by atoms with Crippen LogP contribution in [0.5, 0.6) is 0 Å². The molecule has 0 spiro atoms. The Morgan fingerprint density at radius 3 is 2.85 bits per heavy atom. The van der Waals surface area contributed by atoms with Crippen LogP contribution in [-0.2, 0) is 4.79 Å². The van der Waals surface area contributed by atoms with Crippen LogP contribution in [0.15, 0.2) is 41.7 Å². The number of nitrogens with two attached hydrogens (primary N) is 1. The molecule has 1 aromatic heterocycles. The van der Waals surface area contributed by atoms with Gasteiger partial charge in [0.2, 0.25) is 0 Å². The van der Waals surface area contributed by atoms with E-state index in [4.69, 9.17) is 5.73 Å². The Morgan fingerprint density at radius 1 is 1.40 bits per heavy atom. The van der Waals surface area contributed by atoms with Gasteiger partial charge in [0.1, 0.15) is 22.9 Å². The second kappa shape index (κ2) is 5.47. The molecule has 2 rings (SSSR count). The summed E-state index contributed by atoms with van der Waals surface area (Å²) in [6.07, 6.45) is 4.59. The standard InChI is InChI=1S/C12H10F2N4O2/c13-6-3-1-2-4-7(14)9(6)12(20)17-8-5-16-18-10(8)11(15)19/h1-3,5H,4H2,(H2,15,19)(H,16,18)(H,17,20). The number of H-pyrrole nitrogens is 1. The Kier molecular flexibility index (Phi) is 3.74. The van der Waals surface area contributed by atoms with E-state index in [0.717, 1.165) is 12.3 Å². The molecule has 0 radical (unpaired) electrons. The van der Waals surface area contributed by atoms with Gasteiger partial charge in [-0.25, -0.2) is 8.78 Å². The van der Waals surface area contributed by atoms with Gasteiger partial charge in [0.25, 0.3) is 11.8 Å². The molecular weight excluding hydrogens is 270 g/mol. The van der Waals surface area contributed by atoms with Crippen LogP contribution < -0.4 is 11.1 Å². The van der Waals surface area contributed by atoms with Crippen LogP contribution in [0.1, 0.15) is 16.9 Å². The maximum absolute atomic E-state index is 13.7. The number of carbonyl (C=O) groups is 2. The van der Waals surface area contributed by atoms with Gasteiger partial charge in [-0.3, -0.25) is 14.7 Å². The van der Waals surface area contributed by atoms with E-state index in [-0.39, 0.29) is 17.8 Å². The lowest BCUT2D eigenvalue weighted by molar-refractivity contribution is -0.112. The summed E-state index contributed by atoms with van der Waals surface area (Å²) in [6, 6.07) is 0. The lowest BCUT2D eigenvalue weighted by Gasteiger charge is -2.07. The van der Waals surface area contributed by atoms with E-state index in [0.29, 0.717) is 0 Å². The van der Waals surface area contributed by atoms with E-state index >= 15 is 0 Å².